The summed E-state index contributed by atoms with van der Waals surface area (Å²) >= 11 is 0. The topological polar surface area (TPSA) is 21.3 Å². The lowest BCUT2D eigenvalue weighted by molar-refractivity contribution is 0.206. The van der Waals surface area contributed by atoms with Crippen molar-refractivity contribution < 1.29 is 4.74 Å². The fourth-order valence-electron chi connectivity index (χ4n) is 2.64. The van der Waals surface area contributed by atoms with E-state index in [1.807, 2.05) is 7.05 Å². The summed E-state index contributed by atoms with van der Waals surface area (Å²) in [6, 6.07) is 8.84. The van der Waals surface area contributed by atoms with E-state index < -0.39 is 0 Å². The summed E-state index contributed by atoms with van der Waals surface area (Å²) in [7, 11) is 2.01. The first kappa shape index (κ1) is 12.4. The van der Waals surface area contributed by atoms with E-state index in [0.29, 0.717) is 12.1 Å². The normalized spacial score (nSPS) is 18.2. The largest absolute Gasteiger partial charge is 0.490 e. The van der Waals surface area contributed by atoms with Crippen LogP contribution in [0.2, 0.25) is 0 Å². The first-order valence-electron chi connectivity index (χ1n) is 6.78. The van der Waals surface area contributed by atoms with Crippen LogP contribution in [-0.2, 0) is 0 Å². The first-order chi connectivity index (χ1) is 8.35. The minimum atomic E-state index is 0.396. The molecular weight excluding hydrogens is 210 g/mol. The van der Waals surface area contributed by atoms with Gasteiger partial charge in [0.25, 0.3) is 0 Å². The SMILES string of the molecule is CCC(NC)c1ccccc1OC1CCCC1. The molecule has 0 amide bonds. The Hall–Kier alpha value is -1.02. The molecule has 1 atom stereocenters. The molecule has 0 saturated heterocycles. The average Bonchev–Trinajstić information content (AvgIpc) is 2.86. The maximum Gasteiger partial charge on any atom is 0.124 e. The van der Waals surface area contributed by atoms with Gasteiger partial charge in [-0.25, -0.2) is 0 Å². The van der Waals surface area contributed by atoms with Crippen LogP contribution in [0.1, 0.15) is 50.6 Å². The monoisotopic (exact) mass is 233 g/mol. The van der Waals surface area contributed by atoms with E-state index in [1.54, 1.807) is 0 Å². The van der Waals surface area contributed by atoms with E-state index in [2.05, 4.69) is 36.5 Å². The number of nitrogens with one attached hydrogen (secondary N) is 1. The first-order valence-corrected chi connectivity index (χ1v) is 6.78. The molecule has 0 radical (unpaired) electrons. The summed E-state index contributed by atoms with van der Waals surface area (Å²) in [6.07, 6.45) is 6.58. The van der Waals surface area contributed by atoms with Gasteiger partial charge in [0, 0.05) is 11.6 Å². The maximum atomic E-state index is 6.15. The molecule has 0 heterocycles. The number of hydrogen-bond donors (Lipinski definition) is 1. The lowest BCUT2D eigenvalue weighted by Crippen LogP contribution is -2.18. The molecule has 2 rings (SSSR count). The molecule has 2 nitrogen and oxygen atoms in total. The summed E-state index contributed by atoms with van der Waals surface area (Å²) in [6.45, 7) is 2.20. The lowest BCUT2D eigenvalue weighted by atomic mass is 10.0. The van der Waals surface area contributed by atoms with Gasteiger partial charge in [-0.2, -0.15) is 0 Å². The van der Waals surface area contributed by atoms with E-state index in [0.717, 1.165) is 12.2 Å². The van der Waals surface area contributed by atoms with Crippen molar-refractivity contribution in [3.63, 3.8) is 0 Å². The molecular formula is C15H23NO. The second kappa shape index (κ2) is 6.06. The highest BCUT2D eigenvalue weighted by Gasteiger charge is 2.19. The van der Waals surface area contributed by atoms with Gasteiger partial charge in [0.05, 0.1) is 6.10 Å². The average molecular weight is 233 g/mol. The second-order valence-corrected chi connectivity index (χ2v) is 4.81. The van der Waals surface area contributed by atoms with Crippen LogP contribution in [0, 0.1) is 0 Å². The minimum Gasteiger partial charge on any atom is -0.490 e. The van der Waals surface area contributed by atoms with Crippen LogP contribution in [0.3, 0.4) is 0 Å². The molecule has 0 aliphatic heterocycles. The van der Waals surface area contributed by atoms with Crippen LogP contribution in [0.4, 0.5) is 0 Å². The third-order valence-corrected chi connectivity index (χ3v) is 3.65. The number of hydrogen-bond acceptors (Lipinski definition) is 2. The highest BCUT2D eigenvalue weighted by atomic mass is 16.5. The molecule has 0 aromatic heterocycles. The Morgan fingerprint density at radius 2 is 2.00 bits per heavy atom. The maximum absolute atomic E-state index is 6.15. The van der Waals surface area contributed by atoms with Crippen molar-refractivity contribution in [2.75, 3.05) is 7.05 Å². The van der Waals surface area contributed by atoms with Crippen molar-refractivity contribution >= 4 is 0 Å². The Labute approximate surface area is 104 Å². The van der Waals surface area contributed by atoms with E-state index in [1.165, 1.54) is 31.2 Å². The summed E-state index contributed by atoms with van der Waals surface area (Å²) < 4.78 is 6.15. The molecule has 1 aromatic rings. The Morgan fingerprint density at radius 3 is 2.65 bits per heavy atom. The fourth-order valence-corrected chi connectivity index (χ4v) is 2.64. The fraction of sp³-hybridized carbons (Fsp3) is 0.600. The summed E-state index contributed by atoms with van der Waals surface area (Å²) in [4.78, 5) is 0. The van der Waals surface area contributed by atoms with Gasteiger partial charge in [0.1, 0.15) is 5.75 Å². The van der Waals surface area contributed by atoms with Crippen LogP contribution in [-0.4, -0.2) is 13.2 Å². The molecule has 1 N–H and O–H groups in total. The minimum absolute atomic E-state index is 0.396. The van der Waals surface area contributed by atoms with Gasteiger partial charge in [-0.1, -0.05) is 25.1 Å². The van der Waals surface area contributed by atoms with Crippen LogP contribution in [0.25, 0.3) is 0 Å². The van der Waals surface area contributed by atoms with Gasteiger partial charge in [-0.3, -0.25) is 0 Å². The molecule has 0 spiro atoms. The molecule has 1 saturated carbocycles. The van der Waals surface area contributed by atoms with Crippen LogP contribution < -0.4 is 10.1 Å². The molecule has 17 heavy (non-hydrogen) atoms. The van der Waals surface area contributed by atoms with Crippen molar-refractivity contribution in [2.24, 2.45) is 0 Å². The van der Waals surface area contributed by atoms with Crippen LogP contribution in [0.5, 0.6) is 5.75 Å². The number of rotatable bonds is 5. The smallest absolute Gasteiger partial charge is 0.124 e. The predicted octanol–water partition coefficient (Wildman–Crippen LogP) is 3.68. The zero-order valence-corrected chi connectivity index (χ0v) is 10.9. The number of ether oxygens (including phenoxy) is 1. The Morgan fingerprint density at radius 1 is 1.29 bits per heavy atom. The zero-order chi connectivity index (χ0) is 12.1. The second-order valence-electron chi connectivity index (χ2n) is 4.81. The molecule has 1 fully saturated rings. The highest BCUT2D eigenvalue weighted by molar-refractivity contribution is 5.36. The summed E-state index contributed by atoms with van der Waals surface area (Å²) in [5, 5.41) is 3.35. The molecule has 1 unspecified atom stereocenters. The van der Waals surface area contributed by atoms with Crippen molar-refractivity contribution in [1.82, 2.24) is 5.32 Å². The van der Waals surface area contributed by atoms with Crippen molar-refractivity contribution in [1.29, 1.82) is 0 Å². The van der Waals surface area contributed by atoms with E-state index in [9.17, 15) is 0 Å². The van der Waals surface area contributed by atoms with E-state index in [4.69, 9.17) is 4.74 Å². The summed E-state index contributed by atoms with van der Waals surface area (Å²) in [5.74, 6) is 1.07. The van der Waals surface area contributed by atoms with Crippen LogP contribution >= 0.6 is 0 Å². The van der Waals surface area contributed by atoms with Gasteiger partial charge >= 0.3 is 0 Å². The third kappa shape index (κ3) is 3.01. The Balaban J connectivity index is 2.14. The number of para-hydroxylation sites is 1. The molecule has 0 bridgehead atoms. The van der Waals surface area contributed by atoms with Gasteiger partial charge < -0.3 is 10.1 Å². The molecule has 1 aliphatic carbocycles. The van der Waals surface area contributed by atoms with Crippen molar-refractivity contribution in [3.8, 4) is 5.75 Å². The van der Waals surface area contributed by atoms with Gasteiger partial charge in [-0.05, 0) is 45.2 Å². The highest BCUT2D eigenvalue weighted by Crippen LogP contribution is 2.30. The van der Waals surface area contributed by atoms with Gasteiger partial charge in [-0.15, -0.1) is 0 Å². The van der Waals surface area contributed by atoms with E-state index >= 15 is 0 Å². The van der Waals surface area contributed by atoms with Gasteiger partial charge in [0.2, 0.25) is 0 Å². The predicted molar refractivity (Wildman–Crippen MR) is 71.4 cm³/mol. The van der Waals surface area contributed by atoms with E-state index in [-0.39, 0.29) is 0 Å². The molecule has 1 aliphatic rings. The Kier molecular flexibility index (Phi) is 4.43. The lowest BCUT2D eigenvalue weighted by Gasteiger charge is -2.21. The van der Waals surface area contributed by atoms with Crippen molar-refractivity contribution in [2.45, 2.75) is 51.2 Å². The molecule has 1 aromatic carbocycles. The third-order valence-electron chi connectivity index (χ3n) is 3.65. The zero-order valence-electron chi connectivity index (χ0n) is 10.9. The van der Waals surface area contributed by atoms with Gasteiger partial charge in [0.15, 0.2) is 0 Å². The Bertz CT molecular complexity index is 341. The summed E-state index contributed by atoms with van der Waals surface area (Å²) in [5.41, 5.74) is 1.30. The molecule has 94 valence electrons. The number of benzene rings is 1. The molecule has 2 heteroatoms. The van der Waals surface area contributed by atoms with Crippen LogP contribution in [0.15, 0.2) is 24.3 Å². The standard InChI is InChI=1S/C15H23NO/c1-3-14(16-2)13-10-6-7-11-15(13)17-12-8-4-5-9-12/h6-7,10-12,14,16H,3-5,8-9H2,1-2H3. The van der Waals surface area contributed by atoms with Crippen molar-refractivity contribution in [3.05, 3.63) is 29.8 Å². The quantitative estimate of drug-likeness (QED) is 0.837.